The molecule has 0 bridgehead atoms. The third kappa shape index (κ3) is 4.44. The topological polar surface area (TPSA) is 106 Å². The predicted octanol–water partition coefficient (Wildman–Crippen LogP) is 4.04. The van der Waals surface area contributed by atoms with E-state index in [0.29, 0.717) is 33.1 Å². The van der Waals surface area contributed by atoms with E-state index in [9.17, 15) is 14.0 Å². The molecule has 0 aliphatic carbocycles. The predicted molar refractivity (Wildman–Crippen MR) is 128 cm³/mol. The normalized spacial score (nSPS) is 11.0. The number of hydrogen-bond donors (Lipinski definition) is 2. The number of carbonyl (C=O) groups is 1. The lowest BCUT2D eigenvalue weighted by molar-refractivity contribution is -0.113. The third-order valence-corrected chi connectivity index (χ3v) is 5.94. The molecule has 0 unspecified atom stereocenters. The molecule has 0 fully saturated rings. The smallest absolute Gasteiger partial charge is 0.258 e. The van der Waals surface area contributed by atoms with Crippen molar-refractivity contribution in [2.45, 2.75) is 5.16 Å². The summed E-state index contributed by atoms with van der Waals surface area (Å²) in [6, 6.07) is 20.4. The monoisotopic (exact) mass is 472 g/mol. The Kier molecular flexibility index (Phi) is 5.88. The Morgan fingerprint density at radius 3 is 2.62 bits per heavy atom. The first kappa shape index (κ1) is 21.5. The summed E-state index contributed by atoms with van der Waals surface area (Å²) >= 11 is 1.22. The van der Waals surface area contributed by atoms with Crippen LogP contribution in [0.2, 0.25) is 0 Å². The first-order valence-corrected chi connectivity index (χ1v) is 11.2. The van der Waals surface area contributed by atoms with Gasteiger partial charge in [0.05, 0.1) is 23.0 Å². The lowest BCUT2D eigenvalue weighted by Crippen LogP contribution is -2.15. The van der Waals surface area contributed by atoms with Gasteiger partial charge in [-0.15, -0.1) is 10.2 Å². The number of H-pyrrole nitrogens is 1. The molecule has 0 atom stereocenters. The van der Waals surface area contributed by atoms with Crippen LogP contribution < -0.4 is 10.9 Å². The van der Waals surface area contributed by atoms with E-state index in [-0.39, 0.29) is 23.0 Å². The van der Waals surface area contributed by atoms with Gasteiger partial charge in [-0.3, -0.25) is 14.2 Å². The highest BCUT2D eigenvalue weighted by atomic mass is 32.2. The number of rotatable bonds is 6. The number of nitrogens with one attached hydrogen (secondary N) is 2. The van der Waals surface area contributed by atoms with Gasteiger partial charge in [-0.05, 0) is 54.6 Å². The van der Waals surface area contributed by atoms with Crippen molar-refractivity contribution in [3.63, 3.8) is 0 Å². The van der Waals surface area contributed by atoms with E-state index in [1.165, 1.54) is 30.2 Å². The van der Waals surface area contributed by atoms with Crippen LogP contribution in [0.15, 0.2) is 89.1 Å². The van der Waals surface area contributed by atoms with Crippen LogP contribution in [0.1, 0.15) is 0 Å². The van der Waals surface area contributed by atoms with Gasteiger partial charge in [-0.2, -0.15) is 0 Å². The minimum Gasteiger partial charge on any atom is -0.325 e. The van der Waals surface area contributed by atoms with Gasteiger partial charge < -0.3 is 10.3 Å². The van der Waals surface area contributed by atoms with Crippen molar-refractivity contribution in [3.05, 3.63) is 95.3 Å². The molecule has 2 heterocycles. The van der Waals surface area contributed by atoms with E-state index in [4.69, 9.17) is 0 Å². The molecular formula is C24H17FN6O2S. The number of amides is 1. The number of hydrogen-bond acceptors (Lipinski definition) is 6. The van der Waals surface area contributed by atoms with E-state index >= 15 is 0 Å². The van der Waals surface area contributed by atoms with Crippen molar-refractivity contribution in [3.8, 4) is 17.1 Å². The van der Waals surface area contributed by atoms with Crippen LogP contribution in [0, 0.1) is 5.82 Å². The highest BCUT2D eigenvalue weighted by molar-refractivity contribution is 7.99. The van der Waals surface area contributed by atoms with Gasteiger partial charge in [-0.1, -0.05) is 30.0 Å². The lowest BCUT2D eigenvalue weighted by atomic mass is 10.2. The van der Waals surface area contributed by atoms with Gasteiger partial charge in [-0.25, -0.2) is 9.37 Å². The largest absolute Gasteiger partial charge is 0.325 e. The second-order valence-electron chi connectivity index (χ2n) is 7.28. The Morgan fingerprint density at radius 1 is 1.03 bits per heavy atom. The van der Waals surface area contributed by atoms with Gasteiger partial charge in [0.15, 0.2) is 11.0 Å². The van der Waals surface area contributed by atoms with Gasteiger partial charge in [0, 0.05) is 16.9 Å². The molecule has 0 saturated heterocycles. The molecule has 0 radical (unpaired) electrons. The summed E-state index contributed by atoms with van der Waals surface area (Å²) in [6.07, 6.45) is 1.34. The Labute approximate surface area is 196 Å². The van der Waals surface area contributed by atoms with Crippen LogP contribution in [-0.2, 0) is 4.79 Å². The zero-order valence-electron chi connectivity index (χ0n) is 17.6. The highest BCUT2D eigenvalue weighted by Gasteiger charge is 2.17. The molecule has 10 heteroatoms. The molecule has 2 aromatic heterocycles. The Hall–Kier alpha value is -4.31. The van der Waals surface area contributed by atoms with Crippen molar-refractivity contribution >= 4 is 34.3 Å². The van der Waals surface area contributed by atoms with E-state index < -0.39 is 0 Å². The number of aromatic nitrogens is 5. The van der Waals surface area contributed by atoms with Gasteiger partial charge in [0.1, 0.15) is 5.82 Å². The minimum atomic E-state index is -0.341. The average molecular weight is 473 g/mol. The second kappa shape index (κ2) is 9.28. The summed E-state index contributed by atoms with van der Waals surface area (Å²) in [7, 11) is 0. The van der Waals surface area contributed by atoms with Crippen LogP contribution in [-0.4, -0.2) is 36.4 Å². The van der Waals surface area contributed by atoms with Crippen LogP contribution in [0.3, 0.4) is 0 Å². The molecule has 0 saturated carbocycles. The molecule has 5 aromatic rings. The molecule has 8 nitrogen and oxygen atoms in total. The van der Waals surface area contributed by atoms with Crippen molar-refractivity contribution in [1.82, 2.24) is 24.7 Å². The summed E-state index contributed by atoms with van der Waals surface area (Å²) < 4.78 is 15.2. The number of aromatic amines is 1. The Balaban J connectivity index is 1.38. The molecule has 0 aliphatic rings. The fourth-order valence-corrected chi connectivity index (χ4v) is 4.18. The van der Waals surface area contributed by atoms with Crippen LogP contribution >= 0.6 is 11.8 Å². The number of carbonyl (C=O) groups excluding carboxylic acids is 1. The number of benzene rings is 3. The number of para-hydroxylation sites is 1. The summed E-state index contributed by atoms with van der Waals surface area (Å²) in [6.45, 7) is 0. The quantitative estimate of drug-likeness (QED) is 0.362. The number of nitrogens with zero attached hydrogens (tertiary/aromatic N) is 4. The van der Waals surface area contributed by atoms with E-state index in [0.717, 1.165) is 5.69 Å². The van der Waals surface area contributed by atoms with Crippen molar-refractivity contribution in [2.24, 2.45) is 0 Å². The van der Waals surface area contributed by atoms with E-state index in [1.807, 2.05) is 34.9 Å². The molecule has 3 aromatic carbocycles. The molecule has 0 aliphatic heterocycles. The number of anilines is 1. The van der Waals surface area contributed by atoms with Gasteiger partial charge in [0.25, 0.3) is 5.56 Å². The fourth-order valence-electron chi connectivity index (χ4n) is 3.43. The number of thioether (sulfide) groups is 1. The molecule has 2 N–H and O–H groups in total. The summed E-state index contributed by atoms with van der Waals surface area (Å²) in [4.78, 5) is 31.2. The van der Waals surface area contributed by atoms with Crippen molar-refractivity contribution < 1.29 is 9.18 Å². The number of fused-ring (bicyclic) bond motifs is 1. The minimum absolute atomic E-state index is 0.0653. The van der Waals surface area contributed by atoms with Crippen LogP contribution in [0.5, 0.6) is 0 Å². The Morgan fingerprint density at radius 2 is 1.82 bits per heavy atom. The second-order valence-corrected chi connectivity index (χ2v) is 8.23. The summed E-state index contributed by atoms with van der Waals surface area (Å²) in [5, 5.41) is 12.3. The third-order valence-electron chi connectivity index (χ3n) is 5.01. The van der Waals surface area contributed by atoms with Crippen LogP contribution in [0.4, 0.5) is 10.1 Å². The van der Waals surface area contributed by atoms with Gasteiger partial charge >= 0.3 is 0 Å². The first-order valence-electron chi connectivity index (χ1n) is 10.3. The summed E-state index contributed by atoms with van der Waals surface area (Å²) in [5.74, 6) is -0.00578. The van der Waals surface area contributed by atoms with Crippen molar-refractivity contribution in [2.75, 3.05) is 11.1 Å². The molecule has 34 heavy (non-hydrogen) atoms. The zero-order valence-corrected chi connectivity index (χ0v) is 18.4. The standard InChI is InChI=1S/C24H17FN6O2S/c25-16-8-6-15(7-9-16)22-29-30-24(31(22)18-4-2-1-3-5-18)34-13-21(32)28-17-10-11-20-19(12-17)23(33)27-14-26-20/h1-12,14H,13H2,(H,28,32)(H,26,27,33). The molecule has 1 amide bonds. The average Bonchev–Trinajstić information content (AvgIpc) is 3.28. The molecule has 168 valence electrons. The SMILES string of the molecule is O=C(CSc1nnc(-c2ccc(F)cc2)n1-c1ccccc1)Nc1ccc2nc[nH]c(=O)c2c1. The fraction of sp³-hybridized carbons (Fsp3) is 0.0417. The highest BCUT2D eigenvalue weighted by Crippen LogP contribution is 2.28. The first-order chi connectivity index (χ1) is 16.6. The number of halogens is 1. The maximum absolute atomic E-state index is 13.4. The van der Waals surface area contributed by atoms with Crippen molar-refractivity contribution in [1.29, 1.82) is 0 Å². The summed E-state index contributed by atoms with van der Waals surface area (Å²) in [5.41, 5.74) is 2.27. The zero-order chi connectivity index (χ0) is 23.5. The molecular weight excluding hydrogens is 455 g/mol. The van der Waals surface area contributed by atoms with E-state index in [1.54, 1.807) is 30.3 Å². The molecule has 5 rings (SSSR count). The van der Waals surface area contributed by atoms with Crippen LogP contribution in [0.25, 0.3) is 28.0 Å². The van der Waals surface area contributed by atoms with E-state index in [2.05, 4.69) is 25.5 Å². The lowest BCUT2D eigenvalue weighted by Gasteiger charge is -2.10. The molecule has 0 spiro atoms. The maximum Gasteiger partial charge on any atom is 0.258 e. The Bertz CT molecular complexity index is 1530. The maximum atomic E-state index is 13.4. The van der Waals surface area contributed by atoms with Gasteiger partial charge in [0.2, 0.25) is 5.91 Å².